The molecular formula is C57H90F6O12S2. The van der Waals surface area contributed by atoms with Crippen molar-refractivity contribution in [2.45, 2.75) is 278 Å². The highest BCUT2D eigenvalue weighted by atomic mass is 32.2. The highest BCUT2D eigenvalue weighted by Crippen LogP contribution is 2.65. The fourth-order valence-electron chi connectivity index (χ4n) is 16.8. The highest BCUT2D eigenvalue weighted by Gasteiger charge is 2.76. The summed E-state index contributed by atoms with van der Waals surface area (Å²) < 4.78 is 152. The van der Waals surface area contributed by atoms with Crippen LogP contribution in [0.4, 0.5) is 26.3 Å². The van der Waals surface area contributed by atoms with Gasteiger partial charge in [0, 0.05) is 42.8 Å². The summed E-state index contributed by atoms with van der Waals surface area (Å²) in [5, 5.41) is 11.8. The zero-order valence-corrected chi connectivity index (χ0v) is 47.4. The third kappa shape index (κ3) is 14.8. The zero-order valence-electron chi connectivity index (χ0n) is 45.8. The molecule has 2 N–H and O–H groups in total. The van der Waals surface area contributed by atoms with Crippen LogP contribution in [0.15, 0.2) is 0 Å². The second-order valence-corrected chi connectivity index (χ2v) is 28.4. The first-order valence-electron chi connectivity index (χ1n) is 29.8. The van der Waals surface area contributed by atoms with Crippen LogP contribution in [0.3, 0.4) is 0 Å². The number of ketones is 2. The number of carbonyl (C=O) groups is 2. The number of ether oxygens (including phenoxy) is 4. The lowest BCUT2D eigenvalue weighted by Gasteiger charge is -2.51. The molecule has 12 nitrogen and oxygen atoms in total. The minimum absolute atomic E-state index is 0.0111. The average Bonchev–Trinajstić information content (AvgIpc) is 3.41. The Kier molecular flexibility index (Phi) is 21.4. The van der Waals surface area contributed by atoms with Crippen molar-refractivity contribution in [1.82, 2.24) is 0 Å². The van der Waals surface area contributed by atoms with Gasteiger partial charge in [0.05, 0.1) is 53.2 Å². The van der Waals surface area contributed by atoms with Crippen LogP contribution >= 0.6 is 12.0 Å². The predicted octanol–water partition coefficient (Wildman–Crippen LogP) is 14.4. The Morgan fingerprint density at radius 2 is 0.857 bits per heavy atom. The molecule has 8 aliphatic rings. The first-order valence-corrected chi connectivity index (χ1v) is 32.1. The Morgan fingerprint density at radius 1 is 0.481 bits per heavy atom. The van der Waals surface area contributed by atoms with Crippen molar-refractivity contribution in [3.63, 3.8) is 0 Å². The molecular weight excluding hydrogens is 1050 g/mol. The number of methoxy groups -OCH3 is 1. The van der Waals surface area contributed by atoms with Crippen LogP contribution in [0.5, 0.6) is 0 Å². The maximum absolute atomic E-state index is 14.8. The average molecular weight is 1150 g/mol. The molecule has 444 valence electrons. The highest BCUT2D eigenvalue weighted by molar-refractivity contribution is 7.95. The van der Waals surface area contributed by atoms with Gasteiger partial charge in [-0.3, -0.25) is 14.1 Å². The van der Waals surface area contributed by atoms with Crippen molar-refractivity contribution >= 4 is 33.7 Å². The molecule has 5 atom stereocenters. The summed E-state index contributed by atoms with van der Waals surface area (Å²) in [4.78, 5) is 27.4. The van der Waals surface area contributed by atoms with E-state index in [2.05, 4.69) is 18.9 Å². The maximum Gasteiger partial charge on any atom is 0.403 e. The summed E-state index contributed by atoms with van der Waals surface area (Å²) in [6.07, 6.45) is 6.52. The lowest BCUT2D eigenvalue weighted by Crippen LogP contribution is -2.61. The first kappa shape index (κ1) is 62.0. The SMILES string of the molecule is COC1CCC(C(C2CCC(OC3CCC(C(=O)C4CCC(OC5CCC(C(C)(C)C6CCC(OC7CCC(C(=O)C8CCCC(S(=O)(=O)O)C8)CC7SOOO)CC6)CC5)CC4)CC3)CC2)(C(F)(F)F)C(F)(F)F)CC1. The molecule has 8 rings (SSSR count). The van der Waals surface area contributed by atoms with Gasteiger partial charge in [-0.15, -0.1) is 4.33 Å². The van der Waals surface area contributed by atoms with E-state index in [1.54, 1.807) is 0 Å². The van der Waals surface area contributed by atoms with Gasteiger partial charge in [-0.25, -0.2) is 5.26 Å². The van der Waals surface area contributed by atoms with Crippen molar-refractivity contribution in [2.24, 2.45) is 58.2 Å². The normalized spacial score (nSPS) is 38.7. The van der Waals surface area contributed by atoms with Crippen LogP contribution in [0.1, 0.15) is 213 Å². The van der Waals surface area contributed by atoms with Gasteiger partial charge in [-0.1, -0.05) is 25.3 Å². The standard InChI is InChI=1S/C57H90F6O12S2/c1-54(2,40-14-28-48(29-15-40)73-50-32-11-38(34-51(50)76-75-74-66)53(65)37-5-4-6-49(33-37)77(67,68)69)39-12-26-46(27-13-39)71-44-20-7-35(8-21-44)52(64)36-9-22-45(23-10-36)72-47-30-18-42(19-31-47)55(56(58,59)60,57(61,62)63)41-16-24-43(70-3)25-17-41/h35-51,66H,4-34H2,1-3H3,(H,67,68,69). The summed E-state index contributed by atoms with van der Waals surface area (Å²) >= 11 is 0.963. The van der Waals surface area contributed by atoms with Crippen molar-refractivity contribution in [1.29, 1.82) is 0 Å². The van der Waals surface area contributed by atoms with E-state index in [-0.39, 0.29) is 135 Å². The fourth-order valence-corrected chi connectivity index (χ4v) is 18.5. The summed E-state index contributed by atoms with van der Waals surface area (Å²) in [6.45, 7) is 4.87. The van der Waals surface area contributed by atoms with Gasteiger partial charge in [-0.05, 0) is 222 Å². The summed E-state index contributed by atoms with van der Waals surface area (Å²) in [5.41, 5.74) is -3.57. The van der Waals surface area contributed by atoms with Gasteiger partial charge in [0.1, 0.15) is 11.6 Å². The van der Waals surface area contributed by atoms with Crippen molar-refractivity contribution in [2.75, 3.05) is 7.11 Å². The largest absolute Gasteiger partial charge is 0.403 e. The second-order valence-electron chi connectivity index (χ2n) is 25.8. The molecule has 8 aliphatic carbocycles. The molecule has 0 aromatic heterocycles. The molecule has 0 spiro atoms. The molecule has 20 heteroatoms. The van der Waals surface area contributed by atoms with Gasteiger partial charge in [0.25, 0.3) is 10.1 Å². The van der Waals surface area contributed by atoms with Crippen LogP contribution in [0, 0.1) is 58.2 Å². The van der Waals surface area contributed by atoms with Gasteiger partial charge < -0.3 is 18.9 Å². The molecule has 0 aromatic rings. The third-order valence-corrected chi connectivity index (χ3v) is 23.6. The molecule has 0 aromatic carbocycles. The van der Waals surface area contributed by atoms with E-state index in [1.165, 1.54) is 7.11 Å². The minimum atomic E-state index is -5.41. The van der Waals surface area contributed by atoms with E-state index in [1.807, 2.05) is 0 Å². The molecule has 77 heavy (non-hydrogen) atoms. The lowest BCUT2D eigenvalue weighted by molar-refractivity contribution is -0.432. The van der Waals surface area contributed by atoms with Gasteiger partial charge in [0.2, 0.25) is 0 Å². The summed E-state index contributed by atoms with van der Waals surface area (Å²) in [5.74, 6) is -2.28. The first-order chi connectivity index (χ1) is 36.5. The van der Waals surface area contributed by atoms with E-state index in [0.29, 0.717) is 81.8 Å². The van der Waals surface area contributed by atoms with Gasteiger partial charge in [0.15, 0.2) is 5.41 Å². The Morgan fingerprint density at radius 3 is 1.27 bits per heavy atom. The van der Waals surface area contributed by atoms with Crippen molar-refractivity contribution in [3.05, 3.63) is 0 Å². The number of halogens is 6. The molecule has 5 unspecified atom stereocenters. The van der Waals surface area contributed by atoms with E-state index < -0.39 is 50.9 Å². The van der Waals surface area contributed by atoms with E-state index in [0.717, 1.165) is 89.1 Å². The number of carbonyl (C=O) groups excluding carboxylic acids is 2. The molecule has 0 saturated heterocycles. The number of alkyl halides is 6. The number of rotatable bonds is 19. The summed E-state index contributed by atoms with van der Waals surface area (Å²) in [6, 6.07) is 0. The lowest BCUT2D eigenvalue weighted by atomic mass is 9.57. The van der Waals surface area contributed by atoms with Gasteiger partial charge >= 0.3 is 12.4 Å². The third-order valence-electron chi connectivity index (χ3n) is 21.4. The molecule has 0 amide bonds. The van der Waals surface area contributed by atoms with Crippen molar-refractivity contribution < 1.29 is 82.5 Å². The van der Waals surface area contributed by atoms with Gasteiger partial charge in [-0.2, -0.15) is 34.8 Å². The van der Waals surface area contributed by atoms with Crippen LogP contribution in [-0.4, -0.2) is 102 Å². The number of hydrogen-bond donors (Lipinski definition) is 2. The second kappa shape index (κ2) is 26.6. The fraction of sp³-hybridized carbons (Fsp3) is 0.965. The number of hydrogen-bond acceptors (Lipinski definition) is 12. The smallest absolute Gasteiger partial charge is 0.381 e. The van der Waals surface area contributed by atoms with E-state index in [4.69, 9.17) is 28.5 Å². The molecule has 8 saturated carbocycles. The maximum atomic E-state index is 14.8. The molecule has 0 aliphatic heterocycles. The van der Waals surface area contributed by atoms with Crippen LogP contribution in [-0.2, 0) is 48.0 Å². The quantitative estimate of drug-likeness (QED) is 0.0413. The topological polar surface area (TPSA) is 164 Å². The molecule has 0 radical (unpaired) electrons. The molecule has 8 fully saturated rings. The molecule has 0 heterocycles. The Labute approximate surface area is 458 Å². The van der Waals surface area contributed by atoms with Crippen molar-refractivity contribution in [3.8, 4) is 0 Å². The van der Waals surface area contributed by atoms with E-state index in [9.17, 15) is 48.9 Å². The minimum Gasteiger partial charge on any atom is -0.381 e. The van der Waals surface area contributed by atoms with Crippen LogP contribution in [0.2, 0.25) is 0 Å². The van der Waals surface area contributed by atoms with Crippen LogP contribution < -0.4 is 0 Å². The number of Topliss-reactive ketones (excluding diaryl/α,β-unsaturated/α-hetero) is 2. The monoisotopic (exact) mass is 1140 g/mol. The Hall–Kier alpha value is -1.10. The Bertz CT molecular complexity index is 1960. The molecule has 0 bridgehead atoms. The zero-order chi connectivity index (χ0) is 55.3. The predicted molar refractivity (Wildman–Crippen MR) is 278 cm³/mol. The van der Waals surface area contributed by atoms with E-state index >= 15 is 0 Å². The summed E-state index contributed by atoms with van der Waals surface area (Å²) in [7, 11) is -2.75. The van der Waals surface area contributed by atoms with Crippen LogP contribution in [0.25, 0.3) is 0 Å². The Balaban J connectivity index is 0.707.